The Hall–Kier alpha value is -0.640. The number of rotatable bonds is 5. The second kappa shape index (κ2) is 4.73. The highest BCUT2D eigenvalue weighted by Gasteiger charge is 2.27. The lowest BCUT2D eigenvalue weighted by atomic mass is 10.2. The molecular formula is C10H18N2OS. The van der Waals surface area contributed by atoms with Crippen LogP contribution in [0.5, 0.6) is 0 Å². The summed E-state index contributed by atoms with van der Waals surface area (Å²) in [6.45, 7) is 4.39. The summed E-state index contributed by atoms with van der Waals surface area (Å²) in [7, 11) is 0. The van der Waals surface area contributed by atoms with Gasteiger partial charge >= 0.3 is 0 Å². The summed E-state index contributed by atoms with van der Waals surface area (Å²) in [6.07, 6.45) is 3.07. The third-order valence-corrected chi connectivity index (χ3v) is 2.56. The van der Waals surface area contributed by atoms with Crippen molar-refractivity contribution in [3.8, 4) is 0 Å². The number of hydrogen-bond donors (Lipinski definition) is 1. The third kappa shape index (κ3) is 3.62. The number of amides is 1. The van der Waals surface area contributed by atoms with Crippen LogP contribution in [0.25, 0.3) is 0 Å². The first kappa shape index (κ1) is 11.4. The summed E-state index contributed by atoms with van der Waals surface area (Å²) in [5.41, 5.74) is 5.45. The monoisotopic (exact) mass is 214 g/mol. The number of carbonyl (C=O) groups excluding carboxylic acids is 1. The predicted octanol–water partition coefficient (Wildman–Crippen LogP) is 1.31. The average Bonchev–Trinajstić information content (AvgIpc) is 2.82. The Kier molecular flexibility index (Phi) is 3.86. The molecule has 1 amide bonds. The van der Waals surface area contributed by atoms with Gasteiger partial charge in [0.05, 0.1) is 11.5 Å². The zero-order chi connectivity index (χ0) is 10.7. The minimum Gasteiger partial charge on any atom is -0.392 e. The minimum atomic E-state index is 0.183. The minimum absolute atomic E-state index is 0.183. The Morgan fingerprint density at radius 3 is 2.50 bits per heavy atom. The molecule has 0 aromatic carbocycles. The lowest BCUT2D eigenvalue weighted by Gasteiger charge is -2.26. The van der Waals surface area contributed by atoms with Crippen molar-refractivity contribution in [3.05, 3.63) is 0 Å². The Balaban J connectivity index is 2.46. The molecule has 0 unspecified atom stereocenters. The van der Waals surface area contributed by atoms with E-state index in [4.69, 9.17) is 18.0 Å². The molecule has 1 aliphatic carbocycles. The van der Waals surface area contributed by atoms with Crippen LogP contribution in [-0.4, -0.2) is 28.4 Å². The smallest absolute Gasteiger partial charge is 0.223 e. The Morgan fingerprint density at radius 1 is 1.57 bits per heavy atom. The first-order valence-corrected chi connectivity index (χ1v) is 5.49. The van der Waals surface area contributed by atoms with Crippen LogP contribution in [0.15, 0.2) is 0 Å². The fraction of sp³-hybridized carbons (Fsp3) is 0.800. The molecule has 0 aliphatic heterocycles. The lowest BCUT2D eigenvalue weighted by Crippen LogP contribution is -2.42. The predicted molar refractivity (Wildman–Crippen MR) is 61.0 cm³/mol. The zero-order valence-corrected chi connectivity index (χ0v) is 9.64. The van der Waals surface area contributed by atoms with Crippen LogP contribution in [0.3, 0.4) is 0 Å². The van der Waals surface area contributed by atoms with E-state index in [1.807, 2.05) is 13.8 Å². The molecule has 4 heteroatoms. The highest BCUT2D eigenvalue weighted by Crippen LogP contribution is 2.33. The van der Waals surface area contributed by atoms with Gasteiger partial charge in [0.1, 0.15) is 0 Å². The lowest BCUT2D eigenvalue weighted by molar-refractivity contribution is -0.132. The molecule has 1 saturated carbocycles. The van der Waals surface area contributed by atoms with E-state index >= 15 is 0 Å². The van der Waals surface area contributed by atoms with E-state index in [-0.39, 0.29) is 11.9 Å². The molecule has 0 heterocycles. The molecule has 0 spiro atoms. The largest absolute Gasteiger partial charge is 0.392 e. The Labute approximate surface area is 90.6 Å². The SMILES string of the molecule is CC(C)N(CC(N)=S)C(=O)CC1CC1. The van der Waals surface area contributed by atoms with Crippen molar-refractivity contribution in [2.45, 2.75) is 39.2 Å². The maximum atomic E-state index is 11.8. The van der Waals surface area contributed by atoms with E-state index < -0.39 is 0 Å². The molecule has 0 saturated heterocycles. The van der Waals surface area contributed by atoms with Gasteiger partial charge in [-0.15, -0.1) is 0 Å². The molecule has 0 bridgehead atoms. The summed E-state index contributed by atoms with van der Waals surface area (Å²) in [6, 6.07) is 0.183. The number of carbonyl (C=O) groups is 1. The van der Waals surface area contributed by atoms with Crippen LogP contribution in [0.2, 0.25) is 0 Å². The molecular weight excluding hydrogens is 196 g/mol. The van der Waals surface area contributed by atoms with Gasteiger partial charge in [0, 0.05) is 12.5 Å². The molecule has 14 heavy (non-hydrogen) atoms. The topological polar surface area (TPSA) is 46.3 Å². The van der Waals surface area contributed by atoms with Crippen LogP contribution >= 0.6 is 12.2 Å². The van der Waals surface area contributed by atoms with E-state index in [2.05, 4.69) is 0 Å². The summed E-state index contributed by atoms with van der Waals surface area (Å²) >= 11 is 4.82. The molecule has 1 rings (SSSR count). The fourth-order valence-corrected chi connectivity index (χ4v) is 1.55. The maximum Gasteiger partial charge on any atom is 0.223 e. The van der Waals surface area contributed by atoms with Crippen molar-refractivity contribution in [1.82, 2.24) is 4.90 Å². The van der Waals surface area contributed by atoms with Crippen LogP contribution in [-0.2, 0) is 4.79 Å². The highest BCUT2D eigenvalue weighted by molar-refractivity contribution is 7.80. The molecule has 1 fully saturated rings. The van der Waals surface area contributed by atoms with Crippen LogP contribution in [0.4, 0.5) is 0 Å². The quantitative estimate of drug-likeness (QED) is 0.702. The highest BCUT2D eigenvalue weighted by atomic mass is 32.1. The van der Waals surface area contributed by atoms with Gasteiger partial charge in [-0.3, -0.25) is 4.79 Å². The van der Waals surface area contributed by atoms with Crippen molar-refractivity contribution in [2.24, 2.45) is 11.7 Å². The van der Waals surface area contributed by atoms with Crippen LogP contribution in [0, 0.1) is 5.92 Å². The molecule has 0 radical (unpaired) electrons. The third-order valence-electron chi connectivity index (χ3n) is 2.43. The van der Waals surface area contributed by atoms with E-state index in [9.17, 15) is 4.79 Å². The summed E-state index contributed by atoms with van der Waals surface area (Å²) < 4.78 is 0. The van der Waals surface area contributed by atoms with E-state index in [0.29, 0.717) is 23.9 Å². The fourth-order valence-electron chi connectivity index (χ4n) is 1.41. The first-order chi connectivity index (χ1) is 6.50. The van der Waals surface area contributed by atoms with E-state index in [1.54, 1.807) is 4.90 Å². The Morgan fingerprint density at radius 2 is 2.14 bits per heavy atom. The van der Waals surface area contributed by atoms with E-state index in [1.165, 1.54) is 12.8 Å². The second-order valence-corrected chi connectivity index (χ2v) is 4.75. The van der Waals surface area contributed by atoms with Crippen molar-refractivity contribution in [3.63, 3.8) is 0 Å². The molecule has 2 N–H and O–H groups in total. The van der Waals surface area contributed by atoms with Gasteiger partial charge in [-0.2, -0.15) is 0 Å². The maximum absolute atomic E-state index is 11.8. The van der Waals surface area contributed by atoms with Gasteiger partial charge in [-0.25, -0.2) is 0 Å². The number of hydrogen-bond acceptors (Lipinski definition) is 2. The molecule has 0 atom stereocenters. The van der Waals surface area contributed by atoms with Gasteiger partial charge in [0.15, 0.2) is 0 Å². The van der Waals surface area contributed by atoms with Gasteiger partial charge in [-0.05, 0) is 32.6 Å². The standard InChI is InChI=1S/C10H18N2OS/c1-7(2)12(6-9(11)14)10(13)5-8-3-4-8/h7-8H,3-6H2,1-2H3,(H2,11,14). The average molecular weight is 214 g/mol. The molecule has 3 nitrogen and oxygen atoms in total. The van der Waals surface area contributed by atoms with Gasteiger partial charge in [-0.1, -0.05) is 12.2 Å². The van der Waals surface area contributed by atoms with Crippen molar-refractivity contribution in [1.29, 1.82) is 0 Å². The molecule has 80 valence electrons. The summed E-state index contributed by atoms with van der Waals surface area (Å²) in [5, 5.41) is 0. The van der Waals surface area contributed by atoms with Crippen LogP contribution in [0.1, 0.15) is 33.1 Å². The number of thiocarbonyl (C=S) groups is 1. The van der Waals surface area contributed by atoms with Crippen molar-refractivity contribution < 1.29 is 4.79 Å². The summed E-state index contributed by atoms with van der Waals surface area (Å²) in [4.78, 5) is 13.9. The van der Waals surface area contributed by atoms with Crippen molar-refractivity contribution in [2.75, 3.05) is 6.54 Å². The zero-order valence-electron chi connectivity index (χ0n) is 8.82. The number of nitrogens with zero attached hydrogens (tertiary/aromatic N) is 1. The normalized spacial score (nSPS) is 15.6. The van der Waals surface area contributed by atoms with Crippen LogP contribution < -0.4 is 5.73 Å². The molecule has 1 aliphatic rings. The summed E-state index contributed by atoms with van der Waals surface area (Å²) in [5.74, 6) is 0.811. The first-order valence-electron chi connectivity index (χ1n) is 5.08. The van der Waals surface area contributed by atoms with Gasteiger partial charge < -0.3 is 10.6 Å². The van der Waals surface area contributed by atoms with E-state index in [0.717, 1.165) is 0 Å². The van der Waals surface area contributed by atoms with Crippen molar-refractivity contribution >= 4 is 23.1 Å². The second-order valence-electron chi connectivity index (χ2n) is 4.23. The molecule has 0 aromatic rings. The molecule has 0 aromatic heterocycles. The Bertz CT molecular complexity index is 236. The number of nitrogens with two attached hydrogens (primary N) is 1. The van der Waals surface area contributed by atoms with Gasteiger partial charge in [0.25, 0.3) is 0 Å². The van der Waals surface area contributed by atoms with Gasteiger partial charge in [0.2, 0.25) is 5.91 Å².